The van der Waals surface area contributed by atoms with E-state index in [1.165, 1.54) is 0 Å². The van der Waals surface area contributed by atoms with Crippen LogP contribution < -0.4 is 24.3 Å². The van der Waals surface area contributed by atoms with Crippen molar-refractivity contribution >= 4 is 17.8 Å². The Morgan fingerprint density at radius 3 is 2.26 bits per heavy atom. The molecule has 2 aromatic rings. The zero-order chi connectivity index (χ0) is 19.4. The number of methoxy groups -OCH3 is 4. The number of nitrogens with one attached hydrogen (secondary N) is 1. The highest BCUT2D eigenvalue weighted by molar-refractivity contribution is 6.20. The van der Waals surface area contributed by atoms with Crippen molar-refractivity contribution in [3.05, 3.63) is 53.2 Å². The summed E-state index contributed by atoms with van der Waals surface area (Å²) < 4.78 is 21.2. The number of hydrogen-bond acceptors (Lipinski definition) is 6. The van der Waals surface area contributed by atoms with Crippen LogP contribution in [-0.4, -0.2) is 40.2 Å². The maximum atomic E-state index is 12.4. The van der Waals surface area contributed by atoms with Crippen LogP contribution in [0.25, 0.3) is 6.08 Å². The molecule has 3 rings (SSSR count). The smallest absolute Gasteiger partial charge is 0.275 e. The van der Waals surface area contributed by atoms with E-state index >= 15 is 0 Å². The molecule has 0 atom stereocenters. The summed E-state index contributed by atoms with van der Waals surface area (Å²) in [4.78, 5) is 16.8. The molecule has 7 nitrogen and oxygen atoms in total. The summed E-state index contributed by atoms with van der Waals surface area (Å²) in [7, 11) is 6.22. The van der Waals surface area contributed by atoms with E-state index in [9.17, 15) is 4.79 Å². The van der Waals surface area contributed by atoms with E-state index in [1.54, 1.807) is 52.7 Å². The summed E-state index contributed by atoms with van der Waals surface area (Å²) in [6, 6.07) is 10.7. The number of carbonyl (C=O) groups excluding carboxylic acids is 1. The average molecular weight is 368 g/mol. The van der Waals surface area contributed by atoms with Crippen molar-refractivity contribution < 1.29 is 23.7 Å². The summed E-state index contributed by atoms with van der Waals surface area (Å²) in [5.74, 6) is 2.45. The lowest BCUT2D eigenvalue weighted by Crippen LogP contribution is -2.24. The maximum absolute atomic E-state index is 12.4. The maximum Gasteiger partial charge on any atom is 0.275 e. The van der Waals surface area contributed by atoms with Gasteiger partial charge in [-0.25, -0.2) is 4.99 Å². The van der Waals surface area contributed by atoms with Gasteiger partial charge in [-0.15, -0.1) is 0 Å². The number of hydrogen-bond donors (Lipinski definition) is 1. The topological polar surface area (TPSA) is 78.4 Å². The molecule has 0 fully saturated rings. The predicted octanol–water partition coefficient (Wildman–Crippen LogP) is 2.64. The van der Waals surface area contributed by atoms with Gasteiger partial charge in [0.25, 0.3) is 5.91 Å². The molecule has 0 radical (unpaired) electrons. The lowest BCUT2D eigenvalue weighted by Gasteiger charge is -2.12. The molecule has 0 saturated heterocycles. The summed E-state index contributed by atoms with van der Waals surface area (Å²) in [6.07, 6.45) is 1.64. The van der Waals surface area contributed by atoms with E-state index < -0.39 is 0 Å². The van der Waals surface area contributed by atoms with Crippen LogP contribution in [0.1, 0.15) is 11.1 Å². The van der Waals surface area contributed by atoms with E-state index in [2.05, 4.69) is 10.3 Å². The number of benzene rings is 2. The van der Waals surface area contributed by atoms with Crippen LogP contribution in [-0.2, 0) is 4.79 Å². The van der Waals surface area contributed by atoms with Crippen molar-refractivity contribution in [2.45, 2.75) is 0 Å². The minimum atomic E-state index is -0.301. The summed E-state index contributed by atoms with van der Waals surface area (Å²) in [5, 5.41) is 2.77. The molecule has 0 spiro atoms. The van der Waals surface area contributed by atoms with Gasteiger partial charge in [-0.2, -0.15) is 0 Å². The molecule has 1 amide bonds. The summed E-state index contributed by atoms with van der Waals surface area (Å²) >= 11 is 0. The molecule has 0 aromatic heterocycles. The summed E-state index contributed by atoms with van der Waals surface area (Å²) in [5.41, 5.74) is 1.67. The van der Waals surface area contributed by atoms with E-state index in [1.807, 2.05) is 18.2 Å². The summed E-state index contributed by atoms with van der Waals surface area (Å²) in [6.45, 7) is 0. The normalized spacial score (nSPS) is 14.6. The molecule has 1 N–H and O–H groups in total. The lowest BCUT2D eigenvalue weighted by atomic mass is 10.1. The number of carbonyl (C=O) groups is 1. The van der Waals surface area contributed by atoms with Crippen LogP contribution in [0.4, 0.5) is 0 Å². The molecule has 1 aliphatic rings. The van der Waals surface area contributed by atoms with Gasteiger partial charge in [0.1, 0.15) is 23.0 Å². The van der Waals surface area contributed by atoms with Crippen molar-refractivity contribution in [2.75, 3.05) is 28.4 Å². The van der Waals surface area contributed by atoms with Crippen molar-refractivity contribution in [1.82, 2.24) is 5.32 Å². The minimum absolute atomic E-state index is 0.262. The Kier molecular flexibility index (Phi) is 5.30. The monoisotopic (exact) mass is 368 g/mol. The van der Waals surface area contributed by atoms with Gasteiger partial charge in [0.15, 0.2) is 11.5 Å². The van der Waals surface area contributed by atoms with Gasteiger partial charge < -0.3 is 24.3 Å². The Hall–Kier alpha value is -3.48. The minimum Gasteiger partial charge on any atom is -0.497 e. The van der Waals surface area contributed by atoms with Crippen molar-refractivity contribution in [1.29, 1.82) is 0 Å². The first-order chi connectivity index (χ1) is 13.1. The molecule has 0 bridgehead atoms. The average Bonchev–Trinajstić information content (AvgIpc) is 3.08. The number of amidine groups is 1. The van der Waals surface area contributed by atoms with E-state index in [0.717, 1.165) is 5.56 Å². The van der Waals surface area contributed by atoms with Crippen molar-refractivity contribution in [3.63, 3.8) is 0 Å². The van der Waals surface area contributed by atoms with Gasteiger partial charge in [-0.3, -0.25) is 4.79 Å². The van der Waals surface area contributed by atoms with E-state index in [4.69, 9.17) is 18.9 Å². The fraction of sp³-hybridized carbons (Fsp3) is 0.200. The molecule has 1 aliphatic heterocycles. The zero-order valence-corrected chi connectivity index (χ0v) is 15.5. The van der Waals surface area contributed by atoms with E-state index in [0.29, 0.717) is 34.4 Å². The molecule has 0 unspecified atom stereocenters. The highest BCUT2D eigenvalue weighted by Gasteiger charge is 2.22. The third kappa shape index (κ3) is 3.72. The Balaban J connectivity index is 2.01. The highest BCUT2D eigenvalue weighted by atomic mass is 16.5. The van der Waals surface area contributed by atoms with Crippen LogP contribution in [0.3, 0.4) is 0 Å². The fourth-order valence-corrected chi connectivity index (χ4v) is 2.69. The Bertz CT molecular complexity index is 934. The number of nitrogens with zero attached hydrogens (tertiary/aromatic N) is 1. The molecule has 140 valence electrons. The lowest BCUT2D eigenvalue weighted by molar-refractivity contribution is -0.115. The van der Waals surface area contributed by atoms with Crippen molar-refractivity contribution in [3.8, 4) is 23.0 Å². The van der Waals surface area contributed by atoms with E-state index in [-0.39, 0.29) is 11.6 Å². The first-order valence-electron chi connectivity index (χ1n) is 8.15. The second kappa shape index (κ2) is 7.82. The number of ether oxygens (including phenoxy) is 4. The number of amides is 1. The number of rotatable bonds is 6. The van der Waals surface area contributed by atoms with Gasteiger partial charge in [0.05, 0.1) is 28.4 Å². The standard InChI is InChI=1S/C20H20N2O5/c1-24-14-7-5-6-12(8-14)19-21-15(20(23)22-19)9-13-10-17(26-3)18(27-4)11-16(13)25-2/h5-11H,1-4H3,(H,21,22,23)/b15-9-. The van der Waals surface area contributed by atoms with Crippen molar-refractivity contribution in [2.24, 2.45) is 4.99 Å². The molecule has 7 heteroatoms. The molecule has 1 heterocycles. The SMILES string of the molecule is COc1cccc(C2=N/C(=C\c3cc(OC)c(OC)cc3OC)C(=O)N2)c1. The first-order valence-corrected chi connectivity index (χ1v) is 8.15. The fourth-order valence-electron chi connectivity index (χ4n) is 2.69. The predicted molar refractivity (Wildman–Crippen MR) is 102 cm³/mol. The third-order valence-electron chi connectivity index (χ3n) is 4.07. The van der Waals surface area contributed by atoms with Crippen LogP contribution >= 0.6 is 0 Å². The number of aliphatic imine (C=N–C) groups is 1. The zero-order valence-electron chi connectivity index (χ0n) is 15.5. The van der Waals surface area contributed by atoms with Gasteiger partial charge in [0.2, 0.25) is 0 Å². The molecule has 0 aliphatic carbocycles. The third-order valence-corrected chi connectivity index (χ3v) is 4.07. The molecular formula is C20H20N2O5. The largest absolute Gasteiger partial charge is 0.497 e. The quantitative estimate of drug-likeness (QED) is 0.793. The Morgan fingerprint density at radius 1 is 0.889 bits per heavy atom. The van der Waals surface area contributed by atoms with Gasteiger partial charge in [-0.1, -0.05) is 12.1 Å². The second-order valence-corrected chi connectivity index (χ2v) is 5.63. The van der Waals surface area contributed by atoms with Crippen LogP contribution in [0, 0.1) is 0 Å². The van der Waals surface area contributed by atoms with Gasteiger partial charge >= 0.3 is 0 Å². The molecule has 27 heavy (non-hydrogen) atoms. The van der Waals surface area contributed by atoms with Gasteiger partial charge in [-0.05, 0) is 24.3 Å². The first kappa shape index (κ1) is 18.3. The molecule has 2 aromatic carbocycles. The van der Waals surface area contributed by atoms with Crippen LogP contribution in [0.5, 0.6) is 23.0 Å². The second-order valence-electron chi connectivity index (χ2n) is 5.63. The molecule has 0 saturated carbocycles. The Labute approximate surface area is 157 Å². The van der Waals surface area contributed by atoms with Crippen LogP contribution in [0.15, 0.2) is 47.1 Å². The highest BCUT2D eigenvalue weighted by Crippen LogP contribution is 2.36. The van der Waals surface area contributed by atoms with Crippen LogP contribution in [0.2, 0.25) is 0 Å². The molecular weight excluding hydrogens is 348 g/mol. The van der Waals surface area contributed by atoms with Gasteiger partial charge in [0, 0.05) is 17.2 Å². The Morgan fingerprint density at radius 2 is 1.59 bits per heavy atom.